The molecule has 0 spiro atoms. The third kappa shape index (κ3) is 4.91. The van der Waals surface area contributed by atoms with Crippen LogP contribution in [-0.4, -0.2) is 26.5 Å². The highest BCUT2D eigenvalue weighted by Crippen LogP contribution is 2.23. The maximum Gasteiger partial charge on any atom is 0.253 e. The third-order valence-electron chi connectivity index (χ3n) is 3.60. The maximum atomic E-state index is 12.3. The van der Waals surface area contributed by atoms with Crippen molar-refractivity contribution in [2.75, 3.05) is 25.5 Å². The lowest BCUT2D eigenvalue weighted by Gasteiger charge is -2.11. The number of carbonyl (C=O) groups is 1. The van der Waals surface area contributed by atoms with Crippen LogP contribution in [0.3, 0.4) is 0 Å². The van der Waals surface area contributed by atoms with Gasteiger partial charge in [0.25, 0.3) is 5.91 Å². The Balaban J connectivity index is 2.13. The zero-order valence-corrected chi connectivity index (χ0v) is 14.5. The second-order valence-electron chi connectivity index (χ2n) is 5.74. The van der Waals surface area contributed by atoms with Gasteiger partial charge in [0, 0.05) is 26.3 Å². The zero-order valence-electron chi connectivity index (χ0n) is 14.5. The summed E-state index contributed by atoms with van der Waals surface area (Å²) >= 11 is 0. The molecule has 0 unspecified atom stereocenters. The van der Waals surface area contributed by atoms with Gasteiger partial charge in [-0.25, -0.2) is 0 Å². The number of azo groups is 1. The molecule has 0 atom stereocenters. The van der Waals surface area contributed by atoms with Crippen LogP contribution in [0.25, 0.3) is 0 Å². The van der Waals surface area contributed by atoms with Crippen LogP contribution in [0.15, 0.2) is 58.8 Å². The largest absolute Gasteiger partial charge is 0.378 e. The third-order valence-corrected chi connectivity index (χ3v) is 3.60. The van der Waals surface area contributed by atoms with E-state index in [9.17, 15) is 4.79 Å². The van der Waals surface area contributed by atoms with Crippen LogP contribution < -0.4 is 10.2 Å². The van der Waals surface area contributed by atoms with Crippen LogP contribution in [0.4, 0.5) is 17.1 Å². The molecule has 5 nitrogen and oxygen atoms in total. The number of nitrogens with zero attached hydrogens (tertiary/aromatic N) is 3. The molecule has 24 heavy (non-hydrogen) atoms. The Morgan fingerprint density at radius 2 is 1.75 bits per heavy atom. The lowest BCUT2D eigenvalue weighted by Crippen LogP contribution is -2.24. The lowest BCUT2D eigenvalue weighted by atomic mass is 10.1. The van der Waals surface area contributed by atoms with Gasteiger partial charge in [0.1, 0.15) is 0 Å². The summed E-state index contributed by atoms with van der Waals surface area (Å²) < 4.78 is 0. The van der Waals surface area contributed by atoms with Crippen LogP contribution >= 0.6 is 0 Å². The molecule has 0 aliphatic rings. The number of nitrogens with one attached hydrogen (secondary N) is 1. The smallest absolute Gasteiger partial charge is 0.253 e. The molecule has 0 aromatic heterocycles. The van der Waals surface area contributed by atoms with Crippen molar-refractivity contribution >= 4 is 23.0 Å². The highest BCUT2D eigenvalue weighted by atomic mass is 16.1. The van der Waals surface area contributed by atoms with Gasteiger partial charge in [0.15, 0.2) is 0 Å². The molecule has 126 valence electrons. The van der Waals surface area contributed by atoms with Crippen molar-refractivity contribution in [1.29, 1.82) is 0 Å². The van der Waals surface area contributed by atoms with Crippen molar-refractivity contribution in [3.05, 3.63) is 54.1 Å². The number of benzene rings is 2. The number of unbranched alkanes of at least 4 members (excludes halogenated alkanes) is 1. The fourth-order valence-electron chi connectivity index (χ4n) is 2.16. The summed E-state index contributed by atoms with van der Waals surface area (Å²) in [5.41, 5.74) is 2.97. The average molecular weight is 324 g/mol. The molecule has 0 bridgehead atoms. The maximum absolute atomic E-state index is 12.3. The molecule has 1 N–H and O–H groups in total. The molecule has 2 aromatic rings. The molecule has 0 saturated heterocycles. The standard InChI is InChI=1S/C19H24N4O/c1-4-5-14-20-19(24)17-8-6-7-9-18(17)22-21-15-10-12-16(13-11-15)23(2)3/h6-13H,4-5,14H2,1-3H3,(H,20,24). The van der Waals surface area contributed by atoms with E-state index in [0.29, 0.717) is 17.8 Å². The summed E-state index contributed by atoms with van der Waals surface area (Å²) in [5.74, 6) is -0.110. The number of hydrogen-bond acceptors (Lipinski definition) is 4. The SMILES string of the molecule is CCCCNC(=O)c1ccccc1N=Nc1ccc(N(C)C)cc1. The molecular weight excluding hydrogens is 300 g/mol. The molecule has 0 fully saturated rings. The summed E-state index contributed by atoms with van der Waals surface area (Å²) in [6.07, 6.45) is 2.01. The van der Waals surface area contributed by atoms with Gasteiger partial charge in [-0.05, 0) is 42.8 Å². The van der Waals surface area contributed by atoms with Gasteiger partial charge >= 0.3 is 0 Å². The van der Waals surface area contributed by atoms with E-state index in [2.05, 4.69) is 22.5 Å². The summed E-state index contributed by atoms with van der Waals surface area (Å²) in [5, 5.41) is 11.4. The van der Waals surface area contributed by atoms with Gasteiger partial charge in [0.05, 0.1) is 16.9 Å². The Morgan fingerprint density at radius 3 is 2.42 bits per heavy atom. The van der Waals surface area contributed by atoms with E-state index in [1.54, 1.807) is 12.1 Å². The average Bonchev–Trinajstić information content (AvgIpc) is 2.60. The van der Waals surface area contributed by atoms with Crippen LogP contribution in [0.2, 0.25) is 0 Å². The first kappa shape index (κ1) is 17.7. The van der Waals surface area contributed by atoms with Crippen LogP contribution in [-0.2, 0) is 0 Å². The van der Waals surface area contributed by atoms with Gasteiger partial charge < -0.3 is 10.2 Å². The van der Waals surface area contributed by atoms with Crippen molar-refractivity contribution in [3.63, 3.8) is 0 Å². The van der Waals surface area contributed by atoms with Crippen LogP contribution in [0.1, 0.15) is 30.1 Å². The predicted molar refractivity (Wildman–Crippen MR) is 98.6 cm³/mol. The normalized spacial score (nSPS) is 10.8. The van der Waals surface area contributed by atoms with E-state index in [-0.39, 0.29) is 5.91 Å². The van der Waals surface area contributed by atoms with E-state index < -0.39 is 0 Å². The number of carbonyl (C=O) groups excluding carboxylic acids is 1. The summed E-state index contributed by atoms with van der Waals surface area (Å²) in [6, 6.07) is 15.0. The van der Waals surface area contributed by atoms with Gasteiger partial charge in [-0.3, -0.25) is 4.79 Å². The Kier molecular flexibility index (Phi) is 6.49. The minimum Gasteiger partial charge on any atom is -0.378 e. The fourth-order valence-corrected chi connectivity index (χ4v) is 2.16. The second-order valence-corrected chi connectivity index (χ2v) is 5.74. The van der Waals surface area contributed by atoms with Gasteiger partial charge in [-0.1, -0.05) is 25.5 Å². The Morgan fingerprint density at radius 1 is 1.04 bits per heavy atom. The highest BCUT2D eigenvalue weighted by molar-refractivity contribution is 5.98. The molecule has 0 saturated carbocycles. The Hall–Kier alpha value is -2.69. The molecule has 2 aromatic carbocycles. The minimum absolute atomic E-state index is 0.110. The molecule has 0 radical (unpaired) electrons. The van der Waals surface area contributed by atoms with Gasteiger partial charge in [0.2, 0.25) is 0 Å². The van der Waals surface area contributed by atoms with Crippen molar-refractivity contribution in [1.82, 2.24) is 5.32 Å². The molecule has 1 amide bonds. The van der Waals surface area contributed by atoms with Crippen molar-refractivity contribution in [2.45, 2.75) is 19.8 Å². The monoisotopic (exact) mass is 324 g/mol. The topological polar surface area (TPSA) is 57.1 Å². The number of anilines is 1. The van der Waals surface area contributed by atoms with E-state index in [1.165, 1.54) is 0 Å². The van der Waals surface area contributed by atoms with Crippen molar-refractivity contribution in [2.24, 2.45) is 10.2 Å². The number of amides is 1. The van der Waals surface area contributed by atoms with E-state index in [0.717, 1.165) is 24.2 Å². The fraction of sp³-hybridized carbons (Fsp3) is 0.316. The minimum atomic E-state index is -0.110. The van der Waals surface area contributed by atoms with E-state index in [1.807, 2.05) is 55.4 Å². The lowest BCUT2D eigenvalue weighted by molar-refractivity contribution is 0.0954. The number of hydrogen-bond donors (Lipinski definition) is 1. The highest BCUT2D eigenvalue weighted by Gasteiger charge is 2.09. The second kappa shape index (κ2) is 8.82. The number of rotatable bonds is 7. The first-order valence-corrected chi connectivity index (χ1v) is 8.18. The first-order valence-electron chi connectivity index (χ1n) is 8.18. The van der Waals surface area contributed by atoms with Crippen molar-refractivity contribution in [3.8, 4) is 0 Å². The quantitative estimate of drug-likeness (QED) is 0.593. The Bertz CT molecular complexity index is 693. The van der Waals surface area contributed by atoms with Crippen LogP contribution in [0, 0.1) is 0 Å². The van der Waals surface area contributed by atoms with Gasteiger partial charge in [-0.2, -0.15) is 5.11 Å². The van der Waals surface area contributed by atoms with Crippen LogP contribution in [0.5, 0.6) is 0 Å². The Labute approximate surface area is 143 Å². The predicted octanol–water partition coefficient (Wildman–Crippen LogP) is 4.70. The summed E-state index contributed by atoms with van der Waals surface area (Å²) in [6.45, 7) is 2.77. The zero-order chi connectivity index (χ0) is 17.4. The van der Waals surface area contributed by atoms with E-state index >= 15 is 0 Å². The molecule has 0 heterocycles. The first-order chi connectivity index (χ1) is 11.6. The molecule has 0 aliphatic carbocycles. The van der Waals surface area contributed by atoms with Crippen molar-refractivity contribution < 1.29 is 4.79 Å². The summed E-state index contributed by atoms with van der Waals surface area (Å²) in [7, 11) is 3.98. The molecule has 5 heteroatoms. The molecule has 0 aliphatic heterocycles. The van der Waals surface area contributed by atoms with E-state index in [4.69, 9.17) is 0 Å². The molecule has 2 rings (SSSR count). The molecular formula is C19H24N4O. The van der Waals surface area contributed by atoms with Gasteiger partial charge in [-0.15, -0.1) is 5.11 Å². The summed E-state index contributed by atoms with van der Waals surface area (Å²) in [4.78, 5) is 14.3.